The highest BCUT2D eigenvalue weighted by atomic mass is 79.9. The molecule has 2 rings (SSSR count). The third-order valence-electron chi connectivity index (χ3n) is 2.10. The summed E-state index contributed by atoms with van der Waals surface area (Å²) in [6, 6.07) is 10.1. The Hall–Kier alpha value is -1.13. The van der Waals surface area contributed by atoms with Gasteiger partial charge in [0.1, 0.15) is 16.1 Å². The first-order valence-electron chi connectivity index (χ1n) is 4.75. The second-order valence-corrected chi connectivity index (χ2v) is 4.04. The molecule has 2 N–H and O–H groups in total. The summed E-state index contributed by atoms with van der Waals surface area (Å²) in [5.41, 5.74) is 2.07. The molecular formula is C11H12BrN3. The van der Waals surface area contributed by atoms with Crippen molar-refractivity contribution in [3.63, 3.8) is 0 Å². The van der Waals surface area contributed by atoms with Gasteiger partial charge in [0, 0.05) is 5.56 Å². The van der Waals surface area contributed by atoms with Gasteiger partial charge in [-0.1, -0.05) is 30.3 Å². The Balaban J connectivity index is 2.36. The van der Waals surface area contributed by atoms with Crippen LogP contribution in [-0.2, 0) is 6.54 Å². The average molecular weight is 266 g/mol. The van der Waals surface area contributed by atoms with Gasteiger partial charge in [-0.3, -0.25) is 0 Å². The largest absolute Gasteiger partial charge is 0.335 e. The molecule has 1 heterocycles. The Bertz CT molecular complexity index is 436. The summed E-state index contributed by atoms with van der Waals surface area (Å²) < 4.78 is 0.930. The van der Waals surface area contributed by atoms with Gasteiger partial charge < -0.3 is 10.3 Å². The molecule has 0 aliphatic rings. The molecule has 15 heavy (non-hydrogen) atoms. The fraction of sp³-hybridized carbons (Fsp3) is 0.182. The quantitative estimate of drug-likeness (QED) is 0.896. The molecule has 4 heteroatoms. The zero-order valence-electron chi connectivity index (χ0n) is 8.42. The van der Waals surface area contributed by atoms with Crippen molar-refractivity contribution in [2.45, 2.75) is 6.54 Å². The number of H-pyrrole nitrogens is 1. The van der Waals surface area contributed by atoms with Crippen LogP contribution >= 0.6 is 15.9 Å². The summed E-state index contributed by atoms with van der Waals surface area (Å²) >= 11 is 3.48. The Labute approximate surface area is 97.1 Å². The molecule has 2 aromatic rings. The van der Waals surface area contributed by atoms with E-state index in [-0.39, 0.29) is 0 Å². The standard InChI is InChI=1S/C11H12BrN3/c1-13-7-9-14-10(11(12)15-9)8-5-3-2-4-6-8/h2-6,13H,7H2,1H3,(H,14,15). The molecule has 0 saturated heterocycles. The van der Waals surface area contributed by atoms with Crippen molar-refractivity contribution in [3.8, 4) is 11.3 Å². The molecule has 0 aliphatic heterocycles. The maximum atomic E-state index is 4.50. The van der Waals surface area contributed by atoms with Crippen LogP contribution in [0.15, 0.2) is 34.9 Å². The van der Waals surface area contributed by atoms with Crippen molar-refractivity contribution in [3.05, 3.63) is 40.8 Å². The van der Waals surface area contributed by atoms with Gasteiger partial charge in [-0.05, 0) is 23.0 Å². The highest BCUT2D eigenvalue weighted by Crippen LogP contribution is 2.25. The van der Waals surface area contributed by atoms with Crippen molar-refractivity contribution in [2.75, 3.05) is 7.05 Å². The summed E-state index contributed by atoms with van der Waals surface area (Å²) in [5.74, 6) is 0.934. The van der Waals surface area contributed by atoms with E-state index in [4.69, 9.17) is 0 Å². The van der Waals surface area contributed by atoms with Gasteiger partial charge in [-0.25, -0.2) is 4.98 Å². The molecule has 0 aliphatic carbocycles. The van der Waals surface area contributed by atoms with Gasteiger partial charge in [0.15, 0.2) is 0 Å². The second-order valence-electron chi connectivity index (χ2n) is 3.24. The number of nitrogens with zero attached hydrogens (tertiary/aromatic N) is 1. The molecule has 78 valence electrons. The summed E-state index contributed by atoms with van der Waals surface area (Å²) in [6.07, 6.45) is 0. The van der Waals surface area contributed by atoms with E-state index in [0.29, 0.717) is 0 Å². The van der Waals surface area contributed by atoms with E-state index in [1.54, 1.807) is 0 Å². The number of nitrogens with one attached hydrogen (secondary N) is 2. The van der Waals surface area contributed by atoms with Crippen LogP contribution < -0.4 is 5.32 Å². The van der Waals surface area contributed by atoms with Crippen LogP contribution in [0.1, 0.15) is 5.82 Å². The number of benzene rings is 1. The lowest BCUT2D eigenvalue weighted by molar-refractivity contribution is 0.771. The van der Waals surface area contributed by atoms with Crippen molar-refractivity contribution < 1.29 is 0 Å². The zero-order valence-corrected chi connectivity index (χ0v) is 10.0. The van der Waals surface area contributed by atoms with Crippen LogP contribution in [-0.4, -0.2) is 17.0 Å². The van der Waals surface area contributed by atoms with E-state index in [0.717, 1.165) is 28.2 Å². The number of hydrogen-bond acceptors (Lipinski definition) is 2. The smallest absolute Gasteiger partial charge is 0.121 e. The topological polar surface area (TPSA) is 40.7 Å². The van der Waals surface area contributed by atoms with Crippen molar-refractivity contribution in [1.82, 2.24) is 15.3 Å². The number of imidazole rings is 1. The molecule has 0 atom stereocenters. The fourth-order valence-electron chi connectivity index (χ4n) is 1.44. The highest BCUT2D eigenvalue weighted by Gasteiger charge is 2.08. The van der Waals surface area contributed by atoms with Gasteiger partial charge >= 0.3 is 0 Å². The van der Waals surface area contributed by atoms with Crippen molar-refractivity contribution in [2.24, 2.45) is 0 Å². The van der Waals surface area contributed by atoms with Crippen LogP contribution in [0.3, 0.4) is 0 Å². The van der Waals surface area contributed by atoms with Gasteiger partial charge in [0.2, 0.25) is 0 Å². The monoisotopic (exact) mass is 265 g/mol. The minimum Gasteiger partial charge on any atom is -0.335 e. The van der Waals surface area contributed by atoms with E-state index >= 15 is 0 Å². The predicted molar refractivity (Wildman–Crippen MR) is 64.5 cm³/mol. The molecular weight excluding hydrogens is 254 g/mol. The van der Waals surface area contributed by atoms with E-state index < -0.39 is 0 Å². The first-order chi connectivity index (χ1) is 7.31. The molecule has 0 unspecified atom stereocenters. The van der Waals surface area contributed by atoms with Crippen LogP contribution in [0.4, 0.5) is 0 Å². The van der Waals surface area contributed by atoms with Crippen LogP contribution in [0.5, 0.6) is 0 Å². The van der Waals surface area contributed by atoms with Gasteiger partial charge in [-0.2, -0.15) is 0 Å². The molecule has 1 aromatic heterocycles. The maximum Gasteiger partial charge on any atom is 0.121 e. The molecule has 0 spiro atoms. The first kappa shape index (κ1) is 10.4. The van der Waals surface area contributed by atoms with Crippen molar-refractivity contribution in [1.29, 1.82) is 0 Å². The van der Waals surface area contributed by atoms with E-state index in [1.807, 2.05) is 37.4 Å². The Morgan fingerprint density at radius 1 is 1.33 bits per heavy atom. The zero-order chi connectivity index (χ0) is 10.7. The normalized spacial score (nSPS) is 10.5. The minimum atomic E-state index is 0.742. The van der Waals surface area contributed by atoms with Crippen LogP contribution in [0.2, 0.25) is 0 Å². The lowest BCUT2D eigenvalue weighted by Crippen LogP contribution is -2.06. The summed E-state index contributed by atoms with van der Waals surface area (Å²) in [4.78, 5) is 7.69. The molecule has 1 aromatic carbocycles. The molecule has 3 nitrogen and oxygen atoms in total. The number of halogens is 1. The lowest BCUT2D eigenvalue weighted by Gasteiger charge is -1.95. The van der Waals surface area contributed by atoms with E-state index in [2.05, 4.69) is 31.2 Å². The van der Waals surface area contributed by atoms with Gasteiger partial charge in [0.25, 0.3) is 0 Å². The van der Waals surface area contributed by atoms with Crippen LogP contribution in [0.25, 0.3) is 11.3 Å². The Kier molecular flexibility index (Phi) is 3.18. The summed E-state index contributed by atoms with van der Waals surface area (Å²) in [6.45, 7) is 0.742. The fourth-order valence-corrected chi connectivity index (χ4v) is 1.98. The SMILES string of the molecule is CNCc1nc(-c2ccccc2)c(Br)[nH]1. The summed E-state index contributed by atoms with van der Waals surface area (Å²) in [7, 11) is 1.90. The highest BCUT2D eigenvalue weighted by molar-refractivity contribution is 9.10. The Morgan fingerprint density at radius 3 is 2.73 bits per heavy atom. The van der Waals surface area contributed by atoms with E-state index in [9.17, 15) is 0 Å². The third kappa shape index (κ3) is 2.27. The average Bonchev–Trinajstić information content (AvgIpc) is 2.61. The third-order valence-corrected chi connectivity index (χ3v) is 2.67. The van der Waals surface area contributed by atoms with Gasteiger partial charge in [-0.15, -0.1) is 0 Å². The predicted octanol–water partition coefficient (Wildman–Crippen LogP) is 2.56. The van der Waals surface area contributed by atoms with Crippen LogP contribution in [0, 0.1) is 0 Å². The lowest BCUT2D eigenvalue weighted by atomic mass is 10.2. The maximum absolute atomic E-state index is 4.50. The van der Waals surface area contributed by atoms with Gasteiger partial charge in [0.05, 0.1) is 6.54 Å². The number of rotatable bonds is 3. The summed E-state index contributed by atoms with van der Waals surface area (Å²) in [5, 5.41) is 3.06. The molecule has 0 saturated carbocycles. The molecule has 0 radical (unpaired) electrons. The second kappa shape index (κ2) is 4.59. The number of aromatic amines is 1. The minimum absolute atomic E-state index is 0.742. The Morgan fingerprint density at radius 2 is 2.07 bits per heavy atom. The molecule has 0 fully saturated rings. The van der Waals surface area contributed by atoms with E-state index in [1.165, 1.54) is 0 Å². The first-order valence-corrected chi connectivity index (χ1v) is 5.55. The molecule has 0 amide bonds. The number of aromatic nitrogens is 2. The molecule has 0 bridgehead atoms. The number of hydrogen-bond donors (Lipinski definition) is 2. The van der Waals surface area contributed by atoms with Crippen molar-refractivity contribution >= 4 is 15.9 Å².